The molecule has 0 saturated heterocycles. The van der Waals surface area contributed by atoms with Crippen molar-refractivity contribution in [1.82, 2.24) is 0 Å². The maximum Gasteiger partial charge on any atom is 0.516 e. The Morgan fingerprint density at radius 2 is 1.56 bits per heavy atom. The van der Waals surface area contributed by atoms with Crippen molar-refractivity contribution in [2.45, 2.75) is 60.3 Å². The van der Waals surface area contributed by atoms with Crippen LogP contribution in [0.3, 0.4) is 0 Å². The highest BCUT2D eigenvalue weighted by Gasteiger charge is 2.17. The molecule has 6 nitrogen and oxygen atoms in total. The second-order valence-electron chi connectivity index (χ2n) is 7.22. The summed E-state index contributed by atoms with van der Waals surface area (Å²) >= 11 is 0. The number of benzene rings is 1. The maximum atomic E-state index is 12.2. The van der Waals surface area contributed by atoms with Crippen LogP contribution in [0.2, 0.25) is 0 Å². The molecule has 0 atom stereocenters. The molecule has 0 aliphatic heterocycles. The summed E-state index contributed by atoms with van der Waals surface area (Å²) in [5.74, 6) is 0.0734. The third-order valence-electron chi connectivity index (χ3n) is 3.69. The van der Waals surface area contributed by atoms with E-state index < -0.39 is 18.1 Å². The van der Waals surface area contributed by atoms with Crippen molar-refractivity contribution in [3.8, 4) is 5.75 Å². The van der Waals surface area contributed by atoms with E-state index in [1.165, 1.54) is 5.56 Å². The molecule has 0 heterocycles. The third-order valence-corrected chi connectivity index (χ3v) is 3.69. The van der Waals surface area contributed by atoms with Crippen LogP contribution in [0, 0.1) is 11.8 Å². The Kier molecular flexibility index (Phi) is 9.54. The van der Waals surface area contributed by atoms with Gasteiger partial charge in [-0.25, -0.2) is 4.79 Å². The van der Waals surface area contributed by atoms with E-state index in [9.17, 15) is 14.4 Å². The molecule has 0 bridgehead atoms. The third kappa shape index (κ3) is 8.71. The molecule has 0 unspecified atom stereocenters. The first kappa shape index (κ1) is 22.7. The topological polar surface area (TPSA) is 78.9 Å². The van der Waals surface area contributed by atoms with E-state index in [2.05, 4.69) is 43.2 Å². The number of carbonyl (C=O) groups excluding carboxylic acids is 3. The summed E-state index contributed by atoms with van der Waals surface area (Å²) in [6, 6.07) is 5.71. The fraction of sp³-hybridized carbons (Fsp3) is 0.571. The van der Waals surface area contributed by atoms with E-state index in [4.69, 9.17) is 4.74 Å². The van der Waals surface area contributed by atoms with Crippen molar-refractivity contribution in [1.29, 1.82) is 0 Å². The van der Waals surface area contributed by atoms with E-state index in [0.29, 0.717) is 17.6 Å². The fourth-order valence-electron chi connectivity index (χ4n) is 2.65. The molecule has 27 heavy (non-hydrogen) atoms. The summed E-state index contributed by atoms with van der Waals surface area (Å²) in [5.41, 5.74) is 2.20. The van der Waals surface area contributed by atoms with Crippen molar-refractivity contribution in [3.63, 3.8) is 0 Å². The Labute approximate surface area is 161 Å². The van der Waals surface area contributed by atoms with E-state index in [-0.39, 0.29) is 19.4 Å². The van der Waals surface area contributed by atoms with Crippen LogP contribution in [0.1, 0.15) is 58.6 Å². The van der Waals surface area contributed by atoms with Crippen molar-refractivity contribution in [3.05, 3.63) is 29.3 Å². The van der Waals surface area contributed by atoms with Crippen LogP contribution in [0.15, 0.2) is 18.2 Å². The highest BCUT2D eigenvalue weighted by atomic mass is 16.7. The summed E-state index contributed by atoms with van der Waals surface area (Å²) in [4.78, 5) is 34.8. The van der Waals surface area contributed by atoms with Gasteiger partial charge in [0.2, 0.25) is 0 Å². The summed E-state index contributed by atoms with van der Waals surface area (Å²) in [6.07, 6.45) is 0.225. The Bertz CT molecular complexity index is 648. The molecular weight excluding hydrogens is 348 g/mol. The lowest BCUT2D eigenvalue weighted by molar-refractivity contribution is -0.144. The predicted octanol–water partition coefficient (Wildman–Crippen LogP) is 4.47. The van der Waals surface area contributed by atoms with Gasteiger partial charge in [-0.15, -0.1) is 0 Å². The number of hydrogen-bond acceptors (Lipinski definition) is 6. The zero-order valence-electron chi connectivity index (χ0n) is 16.9. The summed E-state index contributed by atoms with van der Waals surface area (Å²) in [7, 11) is 0. The van der Waals surface area contributed by atoms with Crippen LogP contribution < -0.4 is 4.74 Å². The minimum absolute atomic E-state index is 0.111. The van der Waals surface area contributed by atoms with Crippen LogP contribution in [0.25, 0.3) is 0 Å². The monoisotopic (exact) mass is 378 g/mol. The minimum Gasteiger partial charge on any atom is -0.434 e. The van der Waals surface area contributed by atoms with Gasteiger partial charge in [0.1, 0.15) is 5.75 Å². The van der Waals surface area contributed by atoms with Gasteiger partial charge in [-0.1, -0.05) is 39.8 Å². The second kappa shape index (κ2) is 11.4. The average Bonchev–Trinajstić information content (AvgIpc) is 2.55. The second-order valence-corrected chi connectivity index (χ2v) is 7.22. The van der Waals surface area contributed by atoms with Gasteiger partial charge in [0.05, 0.1) is 19.4 Å². The summed E-state index contributed by atoms with van der Waals surface area (Å²) in [6.45, 7) is 10.2. The van der Waals surface area contributed by atoms with Crippen LogP contribution >= 0.6 is 0 Å². The maximum absolute atomic E-state index is 12.2. The molecule has 0 aliphatic carbocycles. The lowest BCUT2D eigenvalue weighted by Gasteiger charge is -2.17. The smallest absolute Gasteiger partial charge is 0.434 e. The first-order valence-corrected chi connectivity index (χ1v) is 9.41. The van der Waals surface area contributed by atoms with Crippen molar-refractivity contribution in [2.75, 3.05) is 6.61 Å². The number of hydrogen-bond donors (Lipinski definition) is 0. The standard InChI is InChI=1S/C21H30O6/c1-6-25-21(24)27-20(23)11-10-19(22)26-18-9-7-8-16(12-14(2)3)17(18)13-15(4)5/h7-9,14-15H,6,10-13H2,1-5H3. The number of esters is 2. The molecule has 0 N–H and O–H groups in total. The summed E-state index contributed by atoms with van der Waals surface area (Å²) in [5, 5.41) is 0. The zero-order valence-corrected chi connectivity index (χ0v) is 16.9. The fourth-order valence-corrected chi connectivity index (χ4v) is 2.65. The average molecular weight is 378 g/mol. The van der Waals surface area contributed by atoms with E-state index >= 15 is 0 Å². The van der Waals surface area contributed by atoms with E-state index in [0.717, 1.165) is 18.4 Å². The van der Waals surface area contributed by atoms with E-state index in [1.54, 1.807) is 13.0 Å². The van der Waals surface area contributed by atoms with Crippen LogP contribution in [-0.2, 0) is 31.9 Å². The molecule has 0 amide bonds. The highest BCUT2D eigenvalue weighted by molar-refractivity contribution is 5.85. The SMILES string of the molecule is CCOC(=O)OC(=O)CCC(=O)Oc1cccc(CC(C)C)c1CC(C)C. The number of ether oxygens (including phenoxy) is 3. The van der Waals surface area contributed by atoms with Crippen molar-refractivity contribution >= 4 is 18.1 Å². The molecule has 0 radical (unpaired) electrons. The molecular formula is C21H30O6. The molecule has 1 rings (SSSR count). The van der Waals surface area contributed by atoms with Gasteiger partial charge in [-0.2, -0.15) is 0 Å². The Hall–Kier alpha value is -2.37. The van der Waals surface area contributed by atoms with Crippen LogP contribution in [-0.4, -0.2) is 24.7 Å². The van der Waals surface area contributed by atoms with Crippen LogP contribution in [0.5, 0.6) is 5.75 Å². The Balaban J connectivity index is 2.75. The van der Waals surface area contributed by atoms with Gasteiger partial charge in [0.15, 0.2) is 0 Å². The molecule has 1 aromatic rings. The van der Waals surface area contributed by atoms with Crippen LogP contribution in [0.4, 0.5) is 4.79 Å². The molecule has 150 valence electrons. The number of rotatable bonds is 9. The molecule has 6 heteroatoms. The molecule has 1 aromatic carbocycles. The largest absolute Gasteiger partial charge is 0.516 e. The van der Waals surface area contributed by atoms with Gasteiger partial charge < -0.3 is 14.2 Å². The van der Waals surface area contributed by atoms with Gasteiger partial charge >= 0.3 is 18.1 Å². The first-order valence-electron chi connectivity index (χ1n) is 9.41. The van der Waals surface area contributed by atoms with Gasteiger partial charge in [-0.05, 0) is 48.8 Å². The molecule has 0 fully saturated rings. The Morgan fingerprint density at radius 3 is 2.15 bits per heavy atom. The predicted molar refractivity (Wildman–Crippen MR) is 102 cm³/mol. The zero-order chi connectivity index (χ0) is 20.4. The normalized spacial score (nSPS) is 10.8. The van der Waals surface area contributed by atoms with Gasteiger partial charge in [0, 0.05) is 0 Å². The number of carbonyl (C=O) groups is 3. The molecule has 0 aromatic heterocycles. The lowest BCUT2D eigenvalue weighted by Crippen LogP contribution is -2.17. The summed E-state index contributed by atoms with van der Waals surface area (Å²) < 4.78 is 14.4. The molecule has 0 spiro atoms. The Morgan fingerprint density at radius 1 is 0.926 bits per heavy atom. The van der Waals surface area contributed by atoms with Gasteiger partial charge in [-0.3, -0.25) is 9.59 Å². The van der Waals surface area contributed by atoms with Gasteiger partial charge in [0.25, 0.3) is 0 Å². The highest BCUT2D eigenvalue weighted by Crippen LogP contribution is 2.28. The quantitative estimate of drug-likeness (QED) is 0.358. The van der Waals surface area contributed by atoms with E-state index in [1.807, 2.05) is 6.07 Å². The first-order chi connectivity index (χ1) is 12.7. The lowest BCUT2D eigenvalue weighted by atomic mass is 9.92. The van der Waals surface area contributed by atoms with Crippen molar-refractivity contribution in [2.24, 2.45) is 11.8 Å². The molecule has 0 saturated carbocycles. The minimum atomic E-state index is -1.06. The van der Waals surface area contributed by atoms with Crippen molar-refractivity contribution < 1.29 is 28.6 Å². The molecule has 0 aliphatic rings.